The van der Waals surface area contributed by atoms with E-state index in [1.54, 1.807) is 0 Å². The number of halogens is 3. The Hall–Kier alpha value is -2.74. The molecule has 0 unspecified atom stereocenters. The molecule has 1 aromatic heterocycles. The van der Waals surface area contributed by atoms with E-state index in [0.717, 1.165) is 28.8 Å². The minimum Gasteiger partial charge on any atom is -0.357 e. The van der Waals surface area contributed by atoms with Crippen LogP contribution >= 0.6 is 11.8 Å². The molecule has 0 fully saturated rings. The average Bonchev–Trinajstić information content (AvgIpc) is 2.62. The minimum absolute atomic E-state index is 0.0448. The van der Waals surface area contributed by atoms with Crippen molar-refractivity contribution in [2.24, 2.45) is 0 Å². The van der Waals surface area contributed by atoms with Gasteiger partial charge < -0.3 is 10.3 Å². The van der Waals surface area contributed by atoms with E-state index in [4.69, 9.17) is 0 Å². The molecule has 0 bridgehead atoms. The van der Waals surface area contributed by atoms with Gasteiger partial charge in [0.2, 0.25) is 5.91 Å². The van der Waals surface area contributed by atoms with Gasteiger partial charge in [-0.15, -0.1) is 11.8 Å². The Labute approximate surface area is 169 Å². The van der Waals surface area contributed by atoms with E-state index >= 15 is 0 Å². The van der Waals surface area contributed by atoms with E-state index < -0.39 is 17.6 Å². The van der Waals surface area contributed by atoms with E-state index in [-0.39, 0.29) is 16.9 Å². The Balaban J connectivity index is 1.63. The molecule has 1 amide bonds. The van der Waals surface area contributed by atoms with Crippen molar-refractivity contribution < 1.29 is 18.0 Å². The molecule has 1 heterocycles. The third-order valence-corrected chi connectivity index (χ3v) is 5.28. The van der Waals surface area contributed by atoms with E-state index in [1.165, 1.54) is 30.0 Å². The van der Waals surface area contributed by atoms with Gasteiger partial charge in [-0.25, -0.2) is 0 Å². The van der Waals surface area contributed by atoms with Gasteiger partial charge in [-0.1, -0.05) is 12.1 Å². The molecule has 0 aliphatic rings. The fourth-order valence-electron chi connectivity index (χ4n) is 3.06. The summed E-state index contributed by atoms with van der Waals surface area (Å²) in [5, 5.41) is 3.09. The maximum atomic E-state index is 12.7. The fraction of sp³-hybridized carbons (Fsp3) is 0.238. The highest BCUT2D eigenvalue weighted by atomic mass is 32.2. The topological polar surface area (TPSA) is 62.0 Å². The molecule has 2 N–H and O–H groups in total. The lowest BCUT2D eigenvalue weighted by molar-refractivity contribution is -0.137. The average molecular weight is 420 g/mol. The summed E-state index contributed by atoms with van der Waals surface area (Å²) in [7, 11) is 0. The van der Waals surface area contributed by atoms with Crippen LogP contribution in [0.3, 0.4) is 0 Å². The van der Waals surface area contributed by atoms with Crippen molar-refractivity contribution in [3.8, 4) is 0 Å². The minimum atomic E-state index is -4.46. The number of carbonyl (C=O) groups is 1. The maximum Gasteiger partial charge on any atom is 0.416 e. The van der Waals surface area contributed by atoms with E-state index in [2.05, 4.69) is 10.3 Å². The number of hydrogen-bond acceptors (Lipinski definition) is 3. The number of pyridine rings is 1. The van der Waals surface area contributed by atoms with Crippen molar-refractivity contribution in [3.05, 3.63) is 75.1 Å². The molecule has 0 saturated heterocycles. The van der Waals surface area contributed by atoms with Gasteiger partial charge >= 0.3 is 6.18 Å². The highest BCUT2D eigenvalue weighted by molar-refractivity contribution is 7.99. The fourth-order valence-corrected chi connectivity index (χ4v) is 3.80. The SMILES string of the molecule is Cc1cc(C)c2[nH]c(CSCC(=O)Nc3cccc(C(F)(F)F)c3)cc(=O)c2c1. The summed E-state index contributed by atoms with van der Waals surface area (Å²) in [4.78, 5) is 27.6. The number of aromatic amines is 1. The van der Waals surface area contributed by atoms with E-state index in [1.807, 2.05) is 26.0 Å². The van der Waals surface area contributed by atoms with Gasteiger partial charge in [0.15, 0.2) is 5.43 Å². The molecule has 152 valence electrons. The second kappa shape index (κ2) is 8.32. The monoisotopic (exact) mass is 420 g/mol. The zero-order valence-electron chi connectivity index (χ0n) is 15.8. The first-order valence-electron chi connectivity index (χ1n) is 8.81. The summed E-state index contributed by atoms with van der Waals surface area (Å²) in [5.74, 6) is 0.0294. The van der Waals surface area contributed by atoms with E-state index in [0.29, 0.717) is 16.8 Å². The van der Waals surface area contributed by atoms with Gasteiger partial charge in [0.05, 0.1) is 16.8 Å². The molecule has 0 saturated carbocycles. The highest BCUT2D eigenvalue weighted by Crippen LogP contribution is 2.30. The summed E-state index contributed by atoms with van der Waals surface area (Å²) in [6.07, 6.45) is -4.46. The molecule has 8 heteroatoms. The standard InChI is InChI=1S/C21H19F3N2O2S/c1-12-6-13(2)20-17(7-12)18(27)9-16(26-20)10-29-11-19(28)25-15-5-3-4-14(8-15)21(22,23)24/h3-9H,10-11H2,1-2H3,(H,25,28)(H,26,27). The van der Waals surface area contributed by atoms with E-state index in [9.17, 15) is 22.8 Å². The lowest BCUT2D eigenvalue weighted by atomic mass is 10.1. The van der Waals surface area contributed by atoms with Gasteiger partial charge in [-0.05, 0) is 49.2 Å². The maximum absolute atomic E-state index is 12.7. The molecule has 2 aromatic carbocycles. The van der Waals surface area contributed by atoms with Crippen LogP contribution in [0, 0.1) is 13.8 Å². The van der Waals surface area contributed by atoms with Crippen LogP contribution in [0.5, 0.6) is 0 Å². The molecule has 0 spiro atoms. The normalized spacial score (nSPS) is 11.6. The Kier molecular flexibility index (Phi) is 6.02. The van der Waals surface area contributed by atoms with Gasteiger partial charge in [0.25, 0.3) is 0 Å². The summed E-state index contributed by atoms with van der Waals surface area (Å²) in [6, 6.07) is 9.83. The van der Waals surface area contributed by atoms with Crippen LogP contribution in [0.4, 0.5) is 18.9 Å². The number of nitrogens with one attached hydrogen (secondary N) is 2. The van der Waals surface area contributed by atoms with Crippen LogP contribution in [-0.2, 0) is 16.7 Å². The van der Waals surface area contributed by atoms with Crippen LogP contribution in [0.15, 0.2) is 47.3 Å². The number of carbonyl (C=O) groups excluding carboxylic acids is 1. The Bertz CT molecular complexity index is 1120. The molecule has 0 radical (unpaired) electrons. The number of thioether (sulfide) groups is 1. The number of aromatic nitrogens is 1. The van der Waals surface area contributed by atoms with Crippen LogP contribution in [0.2, 0.25) is 0 Å². The van der Waals surface area contributed by atoms with Crippen LogP contribution in [0.25, 0.3) is 10.9 Å². The van der Waals surface area contributed by atoms with Crippen molar-refractivity contribution in [2.45, 2.75) is 25.8 Å². The molecule has 4 nitrogen and oxygen atoms in total. The van der Waals surface area contributed by atoms with Crippen LogP contribution < -0.4 is 10.7 Å². The molecule has 3 rings (SSSR count). The number of benzene rings is 2. The molecule has 3 aromatic rings. The van der Waals surface area contributed by atoms with Crippen molar-refractivity contribution in [2.75, 3.05) is 11.1 Å². The number of hydrogen-bond donors (Lipinski definition) is 2. The van der Waals surface area contributed by atoms with Gasteiger partial charge in [0.1, 0.15) is 0 Å². The second-order valence-corrected chi connectivity index (χ2v) is 7.77. The van der Waals surface area contributed by atoms with Gasteiger partial charge in [-0.2, -0.15) is 13.2 Å². The first-order valence-corrected chi connectivity index (χ1v) is 9.97. The molecule has 29 heavy (non-hydrogen) atoms. The van der Waals surface area contributed by atoms with Crippen LogP contribution in [0.1, 0.15) is 22.4 Å². The number of fused-ring (bicyclic) bond motifs is 1. The van der Waals surface area contributed by atoms with Gasteiger partial charge in [0, 0.05) is 28.6 Å². The third-order valence-electron chi connectivity index (χ3n) is 4.30. The lowest BCUT2D eigenvalue weighted by Gasteiger charge is -2.10. The summed E-state index contributed by atoms with van der Waals surface area (Å²) < 4.78 is 38.2. The van der Waals surface area contributed by atoms with Crippen LogP contribution in [-0.4, -0.2) is 16.6 Å². The van der Waals surface area contributed by atoms with Crippen molar-refractivity contribution in [1.29, 1.82) is 0 Å². The predicted molar refractivity (Wildman–Crippen MR) is 110 cm³/mol. The largest absolute Gasteiger partial charge is 0.416 e. The summed E-state index contributed by atoms with van der Waals surface area (Å²) in [6.45, 7) is 3.85. The molecular weight excluding hydrogens is 401 g/mol. The zero-order chi connectivity index (χ0) is 21.2. The number of rotatable bonds is 5. The second-order valence-electron chi connectivity index (χ2n) is 6.78. The molecular formula is C21H19F3N2O2S. The smallest absolute Gasteiger partial charge is 0.357 e. The number of alkyl halides is 3. The lowest BCUT2D eigenvalue weighted by Crippen LogP contribution is -2.15. The van der Waals surface area contributed by atoms with Crippen molar-refractivity contribution in [1.82, 2.24) is 4.98 Å². The Morgan fingerprint density at radius 3 is 2.62 bits per heavy atom. The zero-order valence-corrected chi connectivity index (χ0v) is 16.6. The highest BCUT2D eigenvalue weighted by Gasteiger charge is 2.30. The Morgan fingerprint density at radius 1 is 1.14 bits per heavy atom. The first kappa shape index (κ1) is 21.0. The number of anilines is 1. The number of amides is 1. The summed E-state index contributed by atoms with van der Waals surface area (Å²) >= 11 is 1.27. The first-order chi connectivity index (χ1) is 13.6. The molecule has 0 aliphatic heterocycles. The van der Waals surface area contributed by atoms with Gasteiger partial charge in [-0.3, -0.25) is 9.59 Å². The number of H-pyrrole nitrogens is 1. The third kappa shape index (κ3) is 5.20. The molecule has 0 atom stereocenters. The quantitative estimate of drug-likeness (QED) is 0.608. The summed E-state index contributed by atoms with van der Waals surface area (Å²) in [5.41, 5.74) is 2.62. The number of aryl methyl sites for hydroxylation is 2. The molecule has 0 aliphatic carbocycles. The van der Waals surface area contributed by atoms with Crippen molar-refractivity contribution in [3.63, 3.8) is 0 Å². The predicted octanol–water partition coefficient (Wildman–Crippen LogP) is 5.04. The van der Waals surface area contributed by atoms with Crippen molar-refractivity contribution >= 4 is 34.3 Å². The Morgan fingerprint density at radius 2 is 1.90 bits per heavy atom.